The van der Waals surface area contributed by atoms with Crippen LogP contribution in [0.5, 0.6) is 0 Å². The number of aromatic nitrogens is 2. The summed E-state index contributed by atoms with van der Waals surface area (Å²) in [5.74, 6) is 0.589. The molecule has 0 unspecified atom stereocenters. The van der Waals surface area contributed by atoms with Crippen molar-refractivity contribution in [2.45, 2.75) is 45.1 Å². The van der Waals surface area contributed by atoms with Gasteiger partial charge in [0, 0.05) is 19.7 Å². The van der Waals surface area contributed by atoms with Gasteiger partial charge in [-0.1, -0.05) is 0 Å². The summed E-state index contributed by atoms with van der Waals surface area (Å²) in [5.41, 5.74) is 0.579. The van der Waals surface area contributed by atoms with Crippen molar-refractivity contribution in [3.05, 3.63) is 26.6 Å². The maximum absolute atomic E-state index is 12.9. The van der Waals surface area contributed by atoms with Gasteiger partial charge in [0.05, 0.1) is 15.9 Å². The lowest BCUT2D eigenvalue weighted by atomic mass is 9.88. The Morgan fingerprint density at radius 2 is 2.04 bits per heavy atom. The highest BCUT2D eigenvalue weighted by Crippen LogP contribution is 2.37. The second-order valence-electron chi connectivity index (χ2n) is 6.81. The quantitative estimate of drug-likeness (QED) is 0.859. The molecule has 2 aliphatic rings. The van der Waals surface area contributed by atoms with Crippen molar-refractivity contribution in [2.75, 3.05) is 19.7 Å². The van der Waals surface area contributed by atoms with Gasteiger partial charge in [0.15, 0.2) is 0 Å². The van der Waals surface area contributed by atoms with Gasteiger partial charge in [-0.3, -0.25) is 9.59 Å². The van der Waals surface area contributed by atoms with Gasteiger partial charge in [-0.25, -0.2) is 4.98 Å². The van der Waals surface area contributed by atoms with Gasteiger partial charge in [0.25, 0.3) is 11.5 Å². The zero-order valence-electron chi connectivity index (χ0n) is 14.0. The van der Waals surface area contributed by atoms with Crippen molar-refractivity contribution >= 4 is 27.5 Å². The Kier molecular flexibility index (Phi) is 3.73. The number of carbonyl (C=O) groups excluding carboxylic acids is 1. The Labute approximate surface area is 143 Å². The number of nitrogens with zero attached hydrogens (tertiary/aromatic N) is 2. The number of hydrogen-bond donors (Lipinski definition) is 1. The van der Waals surface area contributed by atoms with Crippen molar-refractivity contribution in [3.63, 3.8) is 0 Å². The first-order valence-electron chi connectivity index (χ1n) is 8.42. The fraction of sp³-hybridized carbons (Fsp3) is 0.588. The molecule has 128 valence electrons. The van der Waals surface area contributed by atoms with Crippen LogP contribution in [0.1, 0.15) is 46.7 Å². The van der Waals surface area contributed by atoms with Crippen LogP contribution >= 0.6 is 11.3 Å². The predicted molar refractivity (Wildman–Crippen MR) is 92.8 cm³/mol. The Morgan fingerprint density at radius 1 is 1.29 bits per heavy atom. The summed E-state index contributed by atoms with van der Waals surface area (Å²) in [6.45, 7) is 5.87. The molecule has 0 radical (unpaired) electrons. The van der Waals surface area contributed by atoms with Gasteiger partial charge in [-0.2, -0.15) is 0 Å². The van der Waals surface area contributed by atoms with E-state index in [4.69, 9.17) is 4.74 Å². The minimum Gasteiger partial charge on any atom is -0.375 e. The standard InChI is InChI=1S/C17H21N3O3S/c1-10-12-14(21)18-11(2)19-15(12)24-13(10)16(22)20-7-5-17(6-8-20)4-3-9-23-17/h3-9H2,1-2H3,(H,18,19,21). The molecule has 0 aromatic carbocycles. The highest BCUT2D eigenvalue weighted by atomic mass is 32.1. The molecule has 4 rings (SSSR count). The Balaban J connectivity index is 1.61. The lowest BCUT2D eigenvalue weighted by molar-refractivity contribution is -0.0386. The first kappa shape index (κ1) is 15.8. The molecule has 6 nitrogen and oxygen atoms in total. The molecular formula is C17H21N3O3S. The predicted octanol–water partition coefficient (Wildman–Crippen LogP) is 2.39. The highest BCUT2D eigenvalue weighted by Gasteiger charge is 2.39. The number of aromatic amines is 1. The summed E-state index contributed by atoms with van der Waals surface area (Å²) in [7, 11) is 0. The number of fused-ring (bicyclic) bond motifs is 1. The molecule has 2 aromatic heterocycles. The highest BCUT2D eigenvalue weighted by molar-refractivity contribution is 7.20. The number of carbonyl (C=O) groups is 1. The number of amides is 1. The van der Waals surface area contributed by atoms with Gasteiger partial charge in [-0.15, -0.1) is 11.3 Å². The maximum atomic E-state index is 12.9. The smallest absolute Gasteiger partial charge is 0.264 e. The molecule has 2 aromatic rings. The summed E-state index contributed by atoms with van der Waals surface area (Å²) in [4.78, 5) is 35.4. The summed E-state index contributed by atoms with van der Waals surface area (Å²) < 4.78 is 5.93. The number of hydrogen-bond acceptors (Lipinski definition) is 5. The van der Waals surface area contributed by atoms with Crippen molar-refractivity contribution in [2.24, 2.45) is 0 Å². The van der Waals surface area contributed by atoms with Crippen LogP contribution in [0.3, 0.4) is 0 Å². The molecular weight excluding hydrogens is 326 g/mol. The average Bonchev–Trinajstić information content (AvgIpc) is 3.12. The number of likely N-dealkylation sites (tertiary alicyclic amines) is 1. The normalized spacial score (nSPS) is 20.2. The summed E-state index contributed by atoms with van der Waals surface area (Å²) in [6, 6.07) is 0. The first-order valence-corrected chi connectivity index (χ1v) is 9.24. The van der Waals surface area contributed by atoms with Crippen molar-refractivity contribution in [1.29, 1.82) is 0 Å². The number of ether oxygens (including phenoxy) is 1. The molecule has 1 amide bonds. The van der Waals surface area contributed by atoms with Crippen LogP contribution in [0, 0.1) is 13.8 Å². The third-order valence-corrected chi connectivity index (χ3v) is 6.43. The molecule has 2 fully saturated rings. The van der Waals surface area contributed by atoms with Crippen molar-refractivity contribution < 1.29 is 9.53 Å². The van der Waals surface area contributed by atoms with Gasteiger partial charge >= 0.3 is 0 Å². The third-order valence-electron chi connectivity index (χ3n) is 5.26. The average molecular weight is 347 g/mol. The van der Waals surface area contributed by atoms with Crippen molar-refractivity contribution in [1.82, 2.24) is 14.9 Å². The van der Waals surface area contributed by atoms with Crippen LogP contribution in [-0.4, -0.2) is 46.1 Å². The first-order chi connectivity index (χ1) is 11.5. The fourth-order valence-electron chi connectivity index (χ4n) is 3.87. The monoisotopic (exact) mass is 347 g/mol. The van der Waals surface area contributed by atoms with Gasteiger partial charge in [0.1, 0.15) is 10.7 Å². The van der Waals surface area contributed by atoms with Crippen LogP contribution in [0.15, 0.2) is 4.79 Å². The number of aryl methyl sites for hydroxylation is 2. The summed E-state index contributed by atoms with van der Waals surface area (Å²) in [5, 5.41) is 0.543. The van der Waals surface area contributed by atoms with E-state index in [0.29, 0.717) is 20.9 Å². The molecule has 7 heteroatoms. The minimum absolute atomic E-state index is 0.00179. The van der Waals surface area contributed by atoms with E-state index in [2.05, 4.69) is 9.97 Å². The summed E-state index contributed by atoms with van der Waals surface area (Å²) >= 11 is 1.32. The van der Waals surface area contributed by atoms with Crippen molar-refractivity contribution in [3.8, 4) is 0 Å². The molecule has 0 atom stereocenters. The topological polar surface area (TPSA) is 75.3 Å². The second-order valence-corrected chi connectivity index (χ2v) is 7.81. The van der Waals surface area contributed by atoms with Crippen LogP contribution in [-0.2, 0) is 4.74 Å². The van der Waals surface area contributed by atoms with Gasteiger partial charge in [-0.05, 0) is 45.1 Å². The lowest BCUT2D eigenvalue weighted by Gasteiger charge is -2.38. The molecule has 0 bridgehead atoms. The molecule has 0 aliphatic carbocycles. The second kappa shape index (κ2) is 5.67. The van der Waals surface area contributed by atoms with E-state index in [9.17, 15) is 9.59 Å². The van der Waals surface area contributed by atoms with E-state index in [0.717, 1.165) is 50.9 Å². The molecule has 24 heavy (non-hydrogen) atoms. The lowest BCUT2D eigenvalue weighted by Crippen LogP contribution is -2.46. The van der Waals surface area contributed by atoms with E-state index >= 15 is 0 Å². The third kappa shape index (κ3) is 2.46. The zero-order valence-corrected chi connectivity index (χ0v) is 14.8. The van der Waals surface area contributed by atoms with Crippen LogP contribution < -0.4 is 5.56 Å². The summed E-state index contributed by atoms with van der Waals surface area (Å²) in [6.07, 6.45) is 4.04. The Bertz CT molecular complexity index is 854. The zero-order chi connectivity index (χ0) is 16.9. The number of piperidine rings is 1. The van der Waals surface area contributed by atoms with E-state index in [1.165, 1.54) is 11.3 Å². The molecule has 4 heterocycles. The molecule has 2 saturated heterocycles. The molecule has 2 aliphatic heterocycles. The largest absolute Gasteiger partial charge is 0.375 e. The van der Waals surface area contributed by atoms with E-state index in [1.54, 1.807) is 6.92 Å². The van der Waals surface area contributed by atoms with E-state index in [1.807, 2.05) is 11.8 Å². The number of H-pyrrole nitrogens is 1. The van der Waals surface area contributed by atoms with Crippen LogP contribution in [0.2, 0.25) is 0 Å². The maximum Gasteiger partial charge on any atom is 0.264 e. The van der Waals surface area contributed by atoms with Gasteiger partial charge < -0.3 is 14.6 Å². The molecule has 1 N–H and O–H groups in total. The number of nitrogens with one attached hydrogen (secondary N) is 1. The van der Waals surface area contributed by atoms with Gasteiger partial charge in [0.2, 0.25) is 0 Å². The Morgan fingerprint density at radius 3 is 2.71 bits per heavy atom. The van der Waals surface area contributed by atoms with E-state index in [-0.39, 0.29) is 17.1 Å². The Hall–Kier alpha value is -1.73. The number of thiophene rings is 1. The fourth-order valence-corrected chi connectivity index (χ4v) is 5.06. The molecule has 1 spiro atoms. The molecule has 0 saturated carbocycles. The van der Waals surface area contributed by atoms with Crippen LogP contribution in [0.4, 0.5) is 0 Å². The van der Waals surface area contributed by atoms with E-state index < -0.39 is 0 Å². The number of rotatable bonds is 1. The minimum atomic E-state index is -0.165. The van der Waals surface area contributed by atoms with Crippen LogP contribution in [0.25, 0.3) is 10.2 Å². The SMILES string of the molecule is Cc1nc2sc(C(=O)N3CCC4(CCCO4)CC3)c(C)c2c(=O)[nH]1.